The lowest BCUT2D eigenvalue weighted by Crippen LogP contribution is -2.57. The summed E-state index contributed by atoms with van der Waals surface area (Å²) in [5, 5.41) is 5.50. The Morgan fingerprint density at radius 2 is 2.04 bits per heavy atom. The Bertz CT molecular complexity index is 744. The highest BCUT2D eigenvalue weighted by molar-refractivity contribution is 14.0. The number of rotatable bonds is 5. The van der Waals surface area contributed by atoms with Gasteiger partial charge in [0.2, 0.25) is 0 Å². The first-order valence-electron chi connectivity index (χ1n) is 9.87. The van der Waals surface area contributed by atoms with Gasteiger partial charge in [-0.3, -0.25) is 9.89 Å². The molecular weight excluding hydrogens is 507 g/mol. The number of sulfone groups is 1. The van der Waals surface area contributed by atoms with E-state index in [1.54, 1.807) is 11.3 Å². The number of nitrogens with one attached hydrogen (secondary N) is 1. The number of aliphatic imine (C=N–C) groups is 1. The Kier molecular flexibility index (Phi) is 8.60. The van der Waals surface area contributed by atoms with E-state index in [0.29, 0.717) is 25.7 Å². The molecule has 0 aromatic carbocycles. The summed E-state index contributed by atoms with van der Waals surface area (Å²) in [4.78, 5) is 11.0. The van der Waals surface area contributed by atoms with Crippen molar-refractivity contribution in [3.8, 4) is 0 Å². The van der Waals surface area contributed by atoms with Crippen molar-refractivity contribution in [3.05, 3.63) is 22.4 Å². The van der Waals surface area contributed by atoms with E-state index in [-0.39, 0.29) is 29.7 Å². The summed E-state index contributed by atoms with van der Waals surface area (Å²) < 4.78 is 23.9. The van der Waals surface area contributed by atoms with E-state index in [4.69, 9.17) is 4.99 Å². The molecule has 1 aromatic rings. The lowest BCUT2D eigenvalue weighted by Gasteiger charge is -2.39. The van der Waals surface area contributed by atoms with E-state index in [1.165, 1.54) is 17.7 Å². The van der Waals surface area contributed by atoms with Gasteiger partial charge >= 0.3 is 0 Å². The Morgan fingerprint density at radius 1 is 1.32 bits per heavy atom. The molecule has 2 saturated heterocycles. The van der Waals surface area contributed by atoms with E-state index >= 15 is 0 Å². The highest BCUT2D eigenvalue weighted by Crippen LogP contribution is 2.29. The van der Waals surface area contributed by atoms with E-state index in [2.05, 4.69) is 39.6 Å². The SMILES string of the molecule is CCNC(=NCC(c1cccs1)N1CCCC1)N1CCS(=O)(=O)C(C)(C)C1.I. The van der Waals surface area contributed by atoms with Crippen LogP contribution >= 0.6 is 35.3 Å². The summed E-state index contributed by atoms with van der Waals surface area (Å²) in [5.41, 5.74) is 0. The van der Waals surface area contributed by atoms with Crippen molar-refractivity contribution in [2.75, 3.05) is 45.0 Å². The average molecular weight is 541 g/mol. The molecule has 0 aliphatic carbocycles. The second kappa shape index (κ2) is 10.1. The van der Waals surface area contributed by atoms with Gasteiger partial charge in [-0.05, 0) is 58.1 Å². The number of hydrogen-bond acceptors (Lipinski definition) is 5. The molecule has 2 aliphatic rings. The van der Waals surface area contributed by atoms with Crippen molar-refractivity contribution in [2.45, 2.75) is 44.4 Å². The fourth-order valence-corrected chi connectivity index (χ4v) is 6.06. The lowest BCUT2D eigenvalue weighted by molar-refractivity contribution is 0.254. The van der Waals surface area contributed by atoms with Crippen LogP contribution in [-0.2, 0) is 9.84 Å². The maximum absolute atomic E-state index is 12.3. The maximum Gasteiger partial charge on any atom is 0.194 e. The minimum Gasteiger partial charge on any atom is -0.357 e. The molecule has 0 radical (unpaired) electrons. The van der Waals surface area contributed by atoms with E-state index < -0.39 is 14.6 Å². The lowest BCUT2D eigenvalue weighted by atomic mass is 10.2. The quantitative estimate of drug-likeness (QED) is 0.354. The van der Waals surface area contributed by atoms with Gasteiger partial charge < -0.3 is 10.2 Å². The molecule has 6 nitrogen and oxygen atoms in total. The standard InChI is InChI=1S/C19H32N4O2S2.HI/c1-4-20-18(23-11-13-27(24,25)19(2,3)15-23)21-14-16(17-8-7-12-26-17)22-9-5-6-10-22;/h7-8,12,16H,4-6,9-11,13-15H2,1-3H3,(H,20,21);1H. The summed E-state index contributed by atoms with van der Waals surface area (Å²) in [6.07, 6.45) is 2.51. The molecule has 1 N–H and O–H groups in total. The zero-order valence-electron chi connectivity index (χ0n) is 17.1. The van der Waals surface area contributed by atoms with Crippen molar-refractivity contribution in [2.24, 2.45) is 4.99 Å². The van der Waals surface area contributed by atoms with Crippen LogP contribution < -0.4 is 5.32 Å². The van der Waals surface area contributed by atoms with Crippen molar-refractivity contribution >= 4 is 51.1 Å². The molecule has 2 fully saturated rings. The second-order valence-corrected chi connectivity index (χ2v) is 11.7. The van der Waals surface area contributed by atoms with Gasteiger partial charge in [-0.25, -0.2) is 8.42 Å². The second-order valence-electron chi connectivity index (χ2n) is 7.97. The number of halogens is 1. The van der Waals surface area contributed by atoms with Crippen LogP contribution in [0.2, 0.25) is 0 Å². The fraction of sp³-hybridized carbons (Fsp3) is 0.737. The van der Waals surface area contributed by atoms with Crippen LogP contribution in [-0.4, -0.2) is 73.9 Å². The number of nitrogens with zero attached hydrogens (tertiary/aromatic N) is 3. The van der Waals surface area contributed by atoms with Crippen molar-refractivity contribution in [1.29, 1.82) is 0 Å². The van der Waals surface area contributed by atoms with Gasteiger partial charge in [0.05, 0.1) is 23.1 Å². The van der Waals surface area contributed by atoms with Crippen LogP contribution in [0.15, 0.2) is 22.5 Å². The molecule has 3 heterocycles. The van der Waals surface area contributed by atoms with Gasteiger partial charge in [-0.1, -0.05) is 6.07 Å². The topological polar surface area (TPSA) is 65.0 Å². The smallest absolute Gasteiger partial charge is 0.194 e. The summed E-state index contributed by atoms with van der Waals surface area (Å²) in [6, 6.07) is 4.62. The molecule has 0 saturated carbocycles. The largest absolute Gasteiger partial charge is 0.357 e. The number of thiophene rings is 1. The first-order chi connectivity index (χ1) is 12.8. The van der Waals surface area contributed by atoms with Crippen LogP contribution in [0.4, 0.5) is 0 Å². The Balaban J connectivity index is 0.00000280. The van der Waals surface area contributed by atoms with Gasteiger partial charge in [-0.15, -0.1) is 35.3 Å². The predicted molar refractivity (Wildman–Crippen MR) is 129 cm³/mol. The normalized spacial score (nSPS) is 23.2. The van der Waals surface area contributed by atoms with Crippen molar-refractivity contribution < 1.29 is 8.42 Å². The third kappa shape index (κ3) is 5.40. The van der Waals surface area contributed by atoms with Gasteiger partial charge in [0.25, 0.3) is 0 Å². The molecule has 3 rings (SSSR count). The predicted octanol–water partition coefficient (Wildman–Crippen LogP) is 2.98. The number of guanidine groups is 1. The average Bonchev–Trinajstić information content (AvgIpc) is 3.31. The molecule has 0 spiro atoms. The molecule has 1 aromatic heterocycles. The molecule has 0 bridgehead atoms. The summed E-state index contributed by atoms with van der Waals surface area (Å²) in [5.74, 6) is 1.02. The highest BCUT2D eigenvalue weighted by Gasteiger charge is 2.41. The maximum atomic E-state index is 12.3. The van der Waals surface area contributed by atoms with Crippen LogP contribution in [0, 0.1) is 0 Å². The van der Waals surface area contributed by atoms with Gasteiger partial charge in [0.15, 0.2) is 15.8 Å². The van der Waals surface area contributed by atoms with Gasteiger partial charge in [0.1, 0.15) is 0 Å². The van der Waals surface area contributed by atoms with Crippen LogP contribution in [0.1, 0.15) is 44.5 Å². The Morgan fingerprint density at radius 3 is 2.61 bits per heavy atom. The van der Waals surface area contributed by atoms with Crippen LogP contribution in [0.25, 0.3) is 0 Å². The van der Waals surface area contributed by atoms with E-state index in [1.807, 2.05) is 13.8 Å². The Labute approximate surface area is 190 Å². The fourth-order valence-electron chi connectivity index (χ4n) is 3.84. The van der Waals surface area contributed by atoms with Crippen molar-refractivity contribution in [3.63, 3.8) is 0 Å². The first-order valence-corrected chi connectivity index (χ1v) is 12.4. The minimum atomic E-state index is -3.05. The zero-order valence-corrected chi connectivity index (χ0v) is 21.0. The third-order valence-corrected chi connectivity index (χ3v) is 9.05. The Hall–Kier alpha value is -0.390. The molecule has 2 aliphatic heterocycles. The molecule has 28 heavy (non-hydrogen) atoms. The van der Waals surface area contributed by atoms with E-state index in [0.717, 1.165) is 25.6 Å². The number of likely N-dealkylation sites (tertiary alicyclic amines) is 1. The molecule has 0 amide bonds. The summed E-state index contributed by atoms with van der Waals surface area (Å²) in [7, 11) is -3.05. The molecule has 1 atom stereocenters. The molecule has 160 valence electrons. The number of hydrogen-bond donors (Lipinski definition) is 1. The monoisotopic (exact) mass is 540 g/mol. The summed E-state index contributed by atoms with van der Waals surface area (Å²) in [6.45, 7) is 10.4. The minimum absolute atomic E-state index is 0. The molecule has 9 heteroatoms. The first kappa shape index (κ1) is 23.9. The van der Waals surface area contributed by atoms with Gasteiger partial charge in [0, 0.05) is 24.5 Å². The highest BCUT2D eigenvalue weighted by atomic mass is 127. The zero-order chi connectivity index (χ0) is 19.5. The molecule has 1 unspecified atom stereocenters. The molecular formula is C19H33IN4O2S2. The van der Waals surface area contributed by atoms with Crippen LogP contribution in [0.3, 0.4) is 0 Å². The third-order valence-electron chi connectivity index (χ3n) is 5.54. The van der Waals surface area contributed by atoms with Crippen LogP contribution in [0.5, 0.6) is 0 Å². The van der Waals surface area contributed by atoms with Crippen molar-refractivity contribution in [1.82, 2.24) is 15.1 Å². The summed E-state index contributed by atoms with van der Waals surface area (Å²) >= 11 is 1.79. The van der Waals surface area contributed by atoms with E-state index in [9.17, 15) is 8.42 Å². The van der Waals surface area contributed by atoms with Gasteiger partial charge in [-0.2, -0.15) is 0 Å².